The first-order valence-electron chi connectivity index (χ1n) is 6.96. The molecule has 0 bridgehead atoms. The van der Waals surface area contributed by atoms with E-state index in [0.717, 1.165) is 31.5 Å². The fraction of sp³-hybridized carbons (Fsp3) is 0.533. The highest BCUT2D eigenvalue weighted by atomic mass is 35.5. The Morgan fingerprint density at radius 1 is 1.38 bits per heavy atom. The number of nitrogens with two attached hydrogens (primary N) is 1. The third-order valence-electron chi connectivity index (χ3n) is 3.95. The number of piperidine rings is 1. The van der Waals surface area contributed by atoms with Gasteiger partial charge in [-0.05, 0) is 30.5 Å². The smallest absolute Gasteiger partial charge is 0.220 e. The van der Waals surface area contributed by atoms with Crippen molar-refractivity contribution in [2.24, 2.45) is 11.7 Å². The van der Waals surface area contributed by atoms with E-state index < -0.39 is 0 Å². The molecule has 116 valence electrons. The Bertz CT molecular complexity index is 502. The molecule has 1 unspecified atom stereocenters. The topological polar surface area (TPSA) is 64.8 Å². The lowest BCUT2D eigenvalue weighted by Crippen LogP contribution is -2.41. The van der Waals surface area contributed by atoms with Crippen LogP contribution in [-0.2, 0) is 9.53 Å². The van der Waals surface area contributed by atoms with Crippen molar-refractivity contribution in [3.8, 4) is 5.75 Å². The number of amides is 1. The maximum absolute atomic E-state index is 11.2. The predicted octanol–water partition coefficient (Wildman–Crippen LogP) is 2.19. The summed E-state index contributed by atoms with van der Waals surface area (Å²) in [4.78, 5) is 13.4. The number of methoxy groups -OCH3 is 2. The molecule has 0 aromatic heterocycles. The largest absolute Gasteiger partial charge is 0.495 e. The summed E-state index contributed by atoms with van der Waals surface area (Å²) in [6.07, 6.45) is 1.35. The average molecular weight is 313 g/mol. The van der Waals surface area contributed by atoms with Crippen molar-refractivity contribution in [3.63, 3.8) is 0 Å². The second kappa shape index (κ2) is 7.11. The molecule has 1 aliphatic heterocycles. The molecule has 0 aliphatic carbocycles. The number of primary amides is 1. The summed E-state index contributed by atoms with van der Waals surface area (Å²) < 4.78 is 10.9. The third kappa shape index (κ3) is 3.67. The van der Waals surface area contributed by atoms with Crippen molar-refractivity contribution < 1.29 is 14.3 Å². The van der Waals surface area contributed by atoms with Crippen LogP contribution in [0.5, 0.6) is 5.75 Å². The summed E-state index contributed by atoms with van der Waals surface area (Å²) in [5.41, 5.74) is 6.35. The first-order chi connectivity index (χ1) is 10.1. The Balaban J connectivity index is 2.12. The van der Waals surface area contributed by atoms with Gasteiger partial charge in [0.15, 0.2) is 0 Å². The highest BCUT2D eigenvalue weighted by Crippen LogP contribution is 2.32. The number of nitrogens with zero attached hydrogens (tertiary/aromatic N) is 1. The van der Waals surface area contributed by atoms with E-state index in [-0.39, 0.29) is 18.1 Å². The van der Waals surface area contributed by atoms with E-state index in [1.54, 1.807) is 20.3 Å². The van der Waals surface area contributed by atoms with E-state index in [2.05, 4.69) is 4.90 Å². The Morgan fingerprint density at radius 3 is 2.57 bits per heavy atom. The van der Waals surface area contributed by atoms with E-state index in [1.165, 1.54) is 0 Å². The van der Waals surface area contributed by atoms with Gasteiger partial charge in [-0.25, -0.2) is 0 Å². The van der Waals surface area contributed by atoms with Crippen LogP contribution in [0.4, 0.5) is 0 Å². The molecular formula is C15H21ClN2O3. The Labute approximate surface area is 130 Å². The second-order valence-corrected chi connectivity index (χ2v) is 5.60. The zero-order valence-electron chi connectivity index (χ0n) is 12.3. The molecule has 5 nitrogen and oxygen atoms in total. The molecule has 1 aromatic rings. The first-order valence-corrected chi connectivity index (χ1v) is 7.34. The van der Waals surface area contributed by atoms with Crippen LogP contribution < -0.4 is 10.5 Å². The molecule has 6 heteroatoms. The molecule has 0 radical (unpaired) electrons. The van der Waals surface area contributed by atoms with Crippen molar-refractivity contribution in [1.82, 2.24) is 4.90 Å². The van der Waals surface area contributed by atoms with Crippen LogP contribution in [0.2, 0.25) is 5.02 Å². The zero-order valence-corrected chi connectivity index (χ0v) is 13.1. The lowest BCUT2D eigenvalue weighted by atomic mass is 9.95. The van der Waals surface area contributed by atoms with Crippen molar-refractivity contribution in [1.29, 1.82) is 0 Å². The number of rotatable bonds is 5. The SMILES string of the molecule is COc1cc(C(OC)N2CCC(C(N)=O)CC2)ccc1Cl. The zero-order chi connectivity index (χ0) is 15.4. The lowest BCUT2D eigenvalue weighted by molar-refractivity contribution is -0.125. The minimum absolute atomic E-state index is 0.0292. The maximum atomic E-state index is 11.2. The number of carbonyl (C=O) groups excluding carboxylic acids is 1. The molecule has 0 spiro atoms. The number of carbonyl (C=O) groups is 1. The van der Waals surface area contributed by atoms with Crippen LogP contribution in [0.3, 0.4) is 0 Å². The van der Waals surface area contributed by atoms with E-state index in [4.69, 9.17) is 26.8 Å². The molecule has 1 amide bonds. The highest BCUT2D eigenvalue weighted by molar-refractivity contribution is 6.32. The van der Waals surface area contributed by atoms with Crippen LogP contribution in [0.25, 0.3) is 0 Å². The maximum Gasteiger partial charge on any atom is 0.220 e. The van der Waals surface area contributed by atoms with Gasteiger partial charge in [0.25, 0.3) is 0 Å². The van der Waals surface area contributed by atoms with Crippen LogP contribution in [0.1, 0.15) is 24.6 Å². The van der Waals surface area contributed by atoms with Crippen molar-refractivity contribution in [3.05, 3.63) is 28.8 Å². The molecule has 1 heterocycles. The molecule has 0 saturated carbocycles. The molecule has 1 saturated heterocycles. The van der Waals surface area contributed by atoms with Crippen LogP contribution in [0.15, 0.2) is 18.2 Å². The summed E-state index contributed by atoms with van der Waals surface area (Å²) in [6.45, 7) is 1.55. The summed E-state index contributed by atoms with van der Waals surface area (Å²) in [6, 6.07) is 5.62. The van der Waals surface area contributed by atoms with Gasteiger partial charge in [-0.1, -0.05) is 17.7 Å². The number of benzene rings is 1. The Hall–Kier alpha value is -1.30. The first kappa shape index (κ1) is 16.1. The molecule has 21 heavy (non-hydrogen) atoms. The fourth-order valence-electron chi connectivity index (χ4n) is 2.74. The molecule has 2 rings (SSSR count). The second-order valence-electron chi connectivity index (χ2n) is 5.19. The quantitative estimate of drug-likeness (QED) is 0.905. The number of likely N-dealkylation sites (tertiary alicyclic amines) is 1. The summed E-state index contributed by atoms with van der Waals surface area (Å²) in [5.74, 6) is 0.388. The lowest BCUT2D eigenvalue weighted by Gasteiger charge is -2.36. The van der Waals surface area contributed by atoms with Gasteiger partial charge in [0.2, 0.25) is 5.91 Å². The van der Waals surface area contributed by atoms with Crippen LogP contribution >= 0.6 is 11.6 Å². The van der Waals surface area contributed by atoms with E-state index in [1.807, 2.05) is 12.1 Å². The Morgan fingerprint density at radius 2 is 2.05 bits per heavy atom. The van der Waals surface area contributed by atoms with Crippen molar-refractivity contribution in [2.45, 2.75) is 19.1 Å². The third-order valence-corrected chi connectivity index (χ3v) is 4.26. The summed E-state index contributed by atoms with van der Waals surface area (Å²) in [7, 11) is 3.26. The van der Waals surface area contributed by atoms with Gasteiger partial charge in [-0.15, -0.1) is 0 Å². The normalized spacial score (nSPS) is 18.4. The average Bonchev–Trinajstić information content (AvgIpc) is 2.50. The number of halogens is 1. The van der Waals surface area contributed by atoms with Crippen molar-refractivity contribution >= 4 is 17.5 Å². The monoisotopic (exact) mass is 312 g/mol. The number of ether oxygens (including phenoxy) is 2. The van der Waals surface area contributed by atoms with Gasteiger partial charge in [0.05, 0.1) is 12.1 Å². The van der Waals surface area contributed by atoms with Gasteiger partial charge in [-0.2, -0.15) is 0 Å². The van der Waals surface area contributed by atoms with E-state index >= 15 is 0 Å². The van der Waals surface area contributed by atoms with Gasteiger partial charge in [0, 0.05) is 26.1 Å². The minimum atomic E-state index is -0.211. The van der Waals surface area contributed by atoms with E-state index in [0.29, 0.717) is 10.8 Å². The summed E-state index contributed by atoms with van der Waals surface area (Å²) in [5, 5.41) is 0.573. The molecule has 1 aromatic carbocycles. The standard InChI is InChI=1S/C15H21ClN2O3/c1-20-13-9-11(3-4-12(13)16)15(21-2)18-7-5-10(6-8-18)14(17)19/h3-4,9-10,15H,5-8H2,1-2H3,(H2,17,19). The molecule has 1 fully saturated rings. The van der Waals surface area contributed by atoms with Gasteiger partial charge < -0.3 is 15.2 Å². The fourth-order valence-corrected chi connectivity index (χ4v) is 2.94. The molecular weight excluding hydrogens is 292 g/mol. The molecule has 1 atom stereocenters. The predicted molar refractivity (Wildman–Crippen MR) is 81.2 cm³/mol. The van der Waals surface area contributed by atoms with Gasteiger partial charge in [-0.3, -0.25) is 9.69 Å². The van der Waals surface area contributed by atoms with Gasteiger partial charge >= 0.3 is 0 Å². The van der Waals surface area contributed by atoms with Gasteiger partial charge in [0.1, 0.15) is 12.0 Å². The van der Waals surface area contributed by atoms with Crippen LogP contribution in [-0.4, -0.2) is 38.1 Å². The van der Waals surface area contributed by atoms with Crippen LogP contribution in [0, 0.1) is 5.92 Å². The van der Waals surface area contributed by atoms with E-state index in [9.17, 15) is 4.79 Å². The molecule has 1 aliphatic rings. The highest BCUT2D eigenvalue weighted by Gasteiger charge is 2.28. The molecule has 2 N–H and O–H groups in total. The minimum Gasteiger partial charge on any atom is -0.495 e. The summed E-state index contributed by atoms with van der Waals surface area (Å²) >= 11 is 6.05. The van der Waals surface area contributed by atoms with Crippen molar-refractivity contribution in [2.75, 3.05) is 27.3 Å². The number of hydrogen-bond acceptors (Lipinski definition) is 4. The Kier molecular flexibility index (Phi) is 5.45. The number of hydrogen-bond donors (Lipinski definition) is 1.